The molecule has 2 aromatic carbocycles. The van der Waals surface area contributed by atoms with Gasteiger partial charge in [-0.1, -0.05) is 48.5 Å². The van der Waals surface area contributed by atoms with Gasteiger partial charge in [-0.3, -0.25) is 4.79 Å². The molecule has 158 valence electrons. The maximum absolute atomic E-state index is 13.3. The first-order valence-electron chi connectivity index (χ1n) is 9.91. The van der Waals surface area contributed by atoms with Crippen molar-refractivity contribution >= 4 is 12.1 Å². The standard InChI is InChI=1S/C23H23F2NO4/c1-22(12-20(27)28,14-10-23(24,25)11-14)26-21(29)30-13-19-17-8-4-2-6-15(17)16-7-3-5-9-18(16)19/h2-9,14,19H,10-13H2,1H3,(H,26,29)(H,27,28). The van der Waals surface area contributed by atoms with Gasteiger partial charge in [0.05, 0.1) is 12.0 Å². The number of rotatable bonds is 6. The summed E-state index contributed by atoms with van der Waals surface area (Å²) in [6.07, 6.45) is -2.13. The smallest absolute Gasteiger partial charge is 0.407 e. The Hall–Kier alpha value is -2.96. The van der Waals surface area contributed by atoms with Gasteiger partial charge in [0.2, 0.25) is 5.92 Å². The van der Waals surface area contributed by atoms with Crippen LogP contribution in [0.2, 0.25) is 0 Å². The molecule has 1 saturated carbocycles. The highest BCUT2D eigenvalue weighted by Crippen LogP contribution is 2.49. The molecule has 2 aromatic rings. The number of carbonyl (C=O) groups excluding carboxylic acids is 1. The lowest BCUT2D eigenvalue weighted by Crippen LogP contribution is -2.59. The SMILES string of the molecule is CC(CC(=O)O)(NC(=O)OCC1c2ccccc2-c2ccccc21)C1CC(F)(F)C1. The third-order valence-corrected chi connectivity index (χ3v) is 6.24. The zero-order valence-electron chi connectivity index (χ0n) is 16.5. The molecule has 2 aliphatic carbocycles. The summed E-state index contributed by atoms with van der Waals surface area (Å²) in [6.45, 7) is 1.56. The number of amides is 1. The van der Waals surface area contributed by atoms with Crippen molar-refractivity contribution in [2.75, 3.05) is 6.61 Å². The van der Waals surface area contributed by atoms with Crippen molar-refractivity contribution in [3.8, 4) is 11.1 Å². The topological polar surface area (TPSA) is 75.6 Å². The molecule has 1 unspecified atom stereocenters. The summed E-state index contributed by atoms with van der Waals surface area (Å²) in [7, 11) is 0. The second-order valence-corrected chi connectivity index (χ2v) is 8.40. The molecule has 0 bridgehead atoms. The van der Waals surface area contributed by atoms with Gasteiger partial charge in [-0.15, -0.1) is 0 Å². The normalized spacial score (nSPS) is 19.2. The van der Waals surface area contributed by atoms with Gasteiger partial charge in [-0.25, -0.2) is 13.6 Å². The molecular formula is C23H23F2NO4. The van der Waals surface area contributed by atoms with Crippen LogP contribution in [0.4, 0.5) is 13.6 Å². The van der Waals surface area contributed by atoms with E-state index in [9.17, 15) is 23.5 Å². The van der Waals surface area contributed by atoms with Gasteiger partial charge in [-0.05, 0) is 35.1 Å². The second kappa shape index (κ2) is 7.38. The molecule has 0 aliphatic heterocycles. The summed E-state index contributed by atoms with van der Waals surface area (Å²) in [4.78, 5) is 23.8. The van der Waals surface area contributed by atoms with E-state index in [0.29, 0.717) is 0 Å². The van der Waals surface area contributed by atoms with E-state index in [4.69, 9.17) is 4.74 Å². The van der Waals surface area contributed by atoms with Crippen molar-refractivity contribution in [2.45, 2.75) is 43.6 Å². The van der Waals surface area contributed by atoms with Gasteiger partial charge in [-0.2, -0.15) is 0 Å². The summed E-state index contributed by atoms with van der Waals surface area (Å²) in [5.41, 5.74) is 3.00. The first-order chi connectivity index (χ1) is 14.2. The molecule has 5 nitrogen and oxygen atoms in total. The van der Waals surface area contributed by atoms with Gasteiger partial charge in [0, 0.05) is 18.8 Å². The summed E-state index contributed by atoms with van der Waals surface area (Å²) in [5.74, 6) is -4.73. The van der Waals surface area contributed by atoms with Crippen LogP contribution < -0.4 is 5.32 Å². The number of halogens is 2. The van der Waals surface area contributed by atoms with Crippen LogP contribution in [-0.4, -0.2) is 35.2 Å². The second-order valence-electron chi connectivity index (χ2n) is 8.40. The molecule has 1 atom stereocenters. The van der Waals surface area contributed by atoms with Crippen molar-refractivity contribution in [2.24, 2.45) is 5.92 Å². The summed E-state index contributed by atoms with van der Waals surface area (Å²) >= 11 is 0. The fourth-order valence-corrected chi connectivity index (χ4v) is 4.58. The van der Waals surface area contributed by atoms with Gasteiger partial charge >= 0.3 is 12.1 Å². The maximum Gasteiger partial charge on any atom is 0.407 e. The zero-order chi connectivity index (χ0) is 21.5. The molecule has 7 heteroatoms. The number of carbonyl (C=O) groups is 2. The number of nitrogens with one attached hydrogen (secondary N) is 1. The number of benzene rings is 2. The molecule has 30 heavy (non-hydrogen) atoms. The number of carboxylic acids is 1. The molecule has 1 amide bonds. The molecule has 4 rings (SSSR count). The van der Waals surface area contributed by atoms with Crippen molar-refractivity contribution in [3.05, 3.63) is 59.7 Å². The average Bonchev–Trinajstić information content (AvgIpc) is 2.98. The van der Waals surface area contributed by atoms with Crippen LogP contribution in [0.5, 0.6) is 0 Å². The van der Waals surface area contributed by atoms with E-state index in [0.717, 1.165) is 22.3 Å². The Morgan fingerprint density at radius 2 is 1.63 bits per heavy atom. The molecular weight excluding hydrogens is 392 g/mol. The van der Waals surface area contributed by atoms with Gasteiger partial charge in [0.25, 0.3) is 0 Å². The van der Waals surface area contributed by atoms with E-state index in [1.165, 1.54) is 6.92 Å². The van der Waals surface area contributed by atoms with Crippen LogP contribution in [0.15, 0.2) is 48.5 Å². The number of carboxylic acid groups (broad SMARTS) is 1. The Balaban J connectivity index is 1.46. The fraction of sp³-hybridized carbons (Fsp3) is 0.391. The van der Waals surface area contributed by atoms with Crippen LogP contribution >= 0.6 is 0 Å². The molecule has 1 fully saturated rings. The lowest BCUT2D eigenvalue weighted by molar-refractivity contribution is -0.150. The minimum absolute atomic E-state index is 0.0733. The number of alkyl halides is 2. The number of hydrogen-bond donors (Lipinski definition) is 2. The van der Waals surface area contributed by atoms with Gasteiger partial charge in [0.1, 0.15) is 6.61 Å². The Bertz CT molecular complexity index is 939. The Labute approximate surface area is 173 Å². The summed E-state index contributed by atoms with van der Waals surface area (Å²) < 4.78 is 32.1. The van der Waals surface area contributed by atoms with E-state index >= 15 is 0 Å². The fourth-order valence-electron chi connectivity index (χ4n) is 4.58. The van der Waals surface area contributed by atoms with Crippen LogP contribution in [0.25, 0.3) is 11.1 Å². The first-order valence-corrected chi connectivity index (χ1v) is 9.91. The van der Waals surface area contributed by atoms with Gasteiger partial charge in [0.15, 0.2) is 0 Å². The van der Waals surface area contributed by atoms with Crippen LogP contribution in [0, 0.1) is 5.92 Å². The van der Waals surface area contributed by atoms with Gasteiger partial charge < -0.3 is 15.2 Å². The molecule has 0 aromatic heterocycles. The molecule has 2 N–H and O–H groups in total. The molecule has 0 heterocycles. The summed E-state index contributed by atoms with van der Waals surface area (Å²) in [6, 6.07) is 15.8. The van der Waals surface area contributed by atoms with Crippen molar-refractivity contribution in [1.82, 2.24) is 5.32 Å². The average molecular weight is 415 g/mol. The van der Waals surface area contributed by atoms with Crippen LogP contribution in [-0.2, 0) is 9.53 Å². The number of aliphatic carboxylic acids is 1. The van der Waals surface area contributed by atoms with Crippen LogP contribution in [0.3, 0.4) is 0 Å². The number of alkyl carbamates (subject to hydrolysis) is 1. The highest BCUT2D eigenvalue weighted by Gasteiger charge is 2.54. The third kappa shape index (κ3) is 3.76. The quantitative estimate of drug-likeness (QED) is 0.710. The van der Waals surface area contributed by atoms with E-state index in [-0.39, 0.29) is 12.5 Å². The summed E-state index contributed by atoms with van der Waals surface area (Å²) in [5, 5.41) is 11.8. The van der Waals surface area contributed by atoms with E-state index in [1.54, 1.807) is 0 Å². The van der Waals surface area contributed by atoms with E-state index in [1.807, 2.05) is 48.5 Å². The third-order valence-electron chi connectivity index (χ3n) is 6.24. The minimum atomic E-state index is -2.81. The Morgan fingerprint density at radius 3 is 2.13 bits per heavy atom. The predicted molar refractivity (Wildman–Crippen MR) is 107 cm³/mol. The van der Waals surface area contributed by atoms with Crippen LogP contribution in [0.1, 0.15) is 43.2 Å². The zero-order valence-corrected chi connectivity index (χ0v) is 16.5. The Morgan fingerprint density at radius 1 is 1.10 bits per heavy atom. The van der Waals surface area contributed by atoms with E-state index in [2.05, 4.69) is 5.32 Å². The van der Waals surface area contributed by atoms with Crippen molar-refractivity contribution < 1.29 is 28.2 Å². The number of ether oxygens (including phenoxy) is 1. The van der Waals surface area contributed by atoms with Crippen molar-refractivity contribution in [3.63, 3.8) is 0 Å². The Kier molecular flexibility index (Phi) is 5.00. The molecule has 2 aliphatic rings. The highest BCUT2D eigenvalue weighted by atomic mass is 19.3. The number of hydrogen-bond acceptors (Lipinski definition) is 3. The maximum atomic E-state index is 13.3. The monoisotopic (exact) mass is 415 g/mol. The molecule has 0 radical (unpaired) electrons. The molecule has 0 spiro atoms. The van der Waals surface area contributed by atoms with Crippen molar-refractivity contribution in [1.29, 1.82) is 0 Å². The minimum Gasteiger partial charge on any atom is -0.481 e. The van der Waals surface area contributed by atoms with E-state index < -0.39 is 48.7 Å². The lowest BCUT2D eigenvalue weighted by Gasteiger charge is -2.46. The lowest BCUT2D eigenvalue weighted by atomic mass is 9.68. The first kappa shape index (κ1) is 20.3. The molecule has 0 saturated heterocycles. The largest absolute Gasteiger partial charge is 0.481 e. The predicted octanol–water partition coefficient (Wildman–Crippen LogP) is 4.80. The highest BCUT2D eigenvalue weighted by molar-refractivity contribution is 5.79. The number of fused-ring (bicyclic) bond motifs is 3.